The molecule has 0 saturated heterocycles. The topological polar surface area (TPSA) is 12.9 Å². The van der Waals surface area contributed by atoms with Crippen molar-refractivity contribution in [3.63, 3.8) is 0 Å². The third-order valence-electron chi connectivity index (χ3n) is 3.62. The van der Waals surface area contributed by atoms with E-state index in [0.29, 0.717) is 0 Å². The number of nitrogens with zero attached hydrogens (tertiary/aromatic N) is 1. The van der Waals surface area contributed by atoms with Crippen molar-refractivity contribution in [2.75, 3.05) is 0 Å². The molecule has 3 rings (SSSR count). The second-order valence-electron chi connectivity index (χ2n) is 4.91. The molecule has 3 heteroatoms. The van der Waals surface area contributed by atoms with Crippen LogP contribution in [0.25, 0.3) is 0 Å². The molecule has 0 atom stereocenters. The minimum absolute atomic E-state index is 0.745. The van der Waals surface area contributed by atoms with Crippen LogP contribution >= 0.6 is 11.6 Å². The molecule has 0 N–H and O–H groups in total. The van der Waals surface area contributed by atoms with E-state index in [2.05, 4.69) is 18.0 Å². The summed E-state index contributed by atoms with van der Waals surface area (Å²) in [4.78, 5) is 4.48. The molecular weight excluding hydrogens is 240 g/mol. The molecule has 1 aliphatic rings. The van der Waals surface area contributed by atoms with E-state index in [1.807, 2.05) is 12.1 Å². The van der Waals surface area contributed by atoms with Gasteiger partial charge in [0.15, 0.2) is 0 Å². The Balaban J connectivity index is 2.12. The van der Waals surface area contributed by atoms with Crippen molar-refractivity contribution in [2.24, 2.45) is 0 Å². The fourth-order valence-corrected chi connectivity index (χ4v) is 2.98. The lowest BCUT2D eigenvalue weighted by Crippen LogP contribution is -2.08. The van der Waals surface area contributed by atoms with Crippen LogP contribution in [0.2, 0.25) is 5.02 Å². The van der Waals surface area contributed by atoms with Gasteiger partial charge in [-0.25, -0.2) is 0 Å². The van der Waals surface area contributed by atoms with Crippen LogP contribution in [0.3, 0.4) is 0 Å². The van der Waals surface area contributed by atoms with E-state index in [1.165, 1.54) is 22.3 Å². The minimum Gasteiger partial charge on any atom is -0.261 e. The minimum atomic E-state index is 0.745. The van der Waals surface area contributed by atoms with Gasteiger partial charge in [-0.2, -0.15) is 0 Å². The van der Waals surface area contributed by atoms with Crippen LogP contribution in [0.5, 0.6) is 0 Å². The summed E-state index contributed by atoms with van der Waals surface area (Å²) in [5, 5.41) is 0.824. The normalized spacial score (nSPS) is 13.7. The van der Waals surface area contributed by atoms with Gasteiger partial charge in [-0.05, 0) is 54.2 Å². The Morgan fingerprint density at radius 1 is 1.17 bits per heavy atom. The number of hydrogen-bond acceptors (Lipinski definition) is 1. The van der Waals surface area contributed by atoms with Crippen molar-refractivity contribution in [3.05, 3.63) is 57.4 Å². The van der Waals surface area contributed by atoms with Crippen molar-refractivity contribution < 1.29 is 0 Å². The van der Waals surface area contributed by atoms with Crippen molar-refractivity contribution in [3.8, 4) is 0 Å². The first-order valence-electron chi connectivity index (χ1n) is 6.14. The summed E-state index contributed by atoms with van der Waals surface area (Å²) in [5.74, 6) is 0. The number of halogens is 1. The van der Waals surface area contributed by atoms with Crippen LogP contribution in [0.4, 0.5) is 0 Å². The van der Waals surface area contributed by atoms with Gasteiger partial charge in [0.25, 0.3) is 0 Å². The van der Waals surface area contributed by atoms with E-state index >= 15 is 0 Å². The summed E-state index contributed by atoms with van der Waals surface area (Å²) >= 11 is 6.14. The van der Waals surface area contributed by atoms with Crippen LogP contribution in [-0.2, 0) is 19.3 Å². The molecule has 0 unspecified atom stereocenters. The van der Waals surface area contributed by atoms with Gasteiger partial charge in [-0.3, -0.25) is 4.98 Å². The highest BCUT2D eigenvalue weighted by atomic mass is 35.5. The molecule has 0 fully saturated rings. The average Bonchev–Trinajstić information content (AvgIpc) is 2.49. The van der Waals surface area contributed by atoms with Crippen molar-refractivity contribution in [2.45, 2.75) is 26.2 Å². The number of benzene rings is 1. The van der Waals surface area contributed by atoms with Crippen LogP contribution in [0.15, 0.2) is 24.4 Å². The highest BCUT2D eigenvalue weighted by Gasteiger charge is 2.16. The monoisotopic (exact) mass is 253 g/mol. The molecule has 88 valence electrons. The van der Waals surface area contributed by atoms with Gasteiger partial charge >= 0.3 is 0 Å². The molecule has 1 aromatic heterocycles. The van der Waals surface area contributed by atoms with Gasteiger partial charge in [-0.1, -0.05) is 23.1 Å². The Kier molecular flexibility index (Phi) is 2.91. The second-order valence-corrected chi connectivity index (χ2v) is 5.35. The number of fused-ring (bicyclic) bond motifs is 2. The van der Waals surface area contributed by atoms with E-state index in [1.54, 1.807) is 6.20 Å². The molecule has 0 saturated carbocycles. The Hall–Kier alpha value is -1.28. The number of rotatable bonds is 0. The standard InChI is InChI=1S/C15H13BClN/c1-9-4-13(17)6-10-2-3-11-5-12(16)8-18-15(11)7-14(9)10/h4-6,8H,2-3,7H2,1H3. The maximum absolute atomic E-state index is 6.14. The van der Waals surface area contributed by atoms with Gasteiger partial charge in [0, 0.05) is 23.3 Å². The largest absolute Gasteiger partial charge is 0.261 e. The van der Waals surface area contributed by atoms with E-state index in [0.717, 1.165) is 35.4 Å². The Morgan fingerprint density at radius 2 is 1.94 bits per heavy atom. The van der Waals surface area contributed by atoms with Crippen LogP contribution in [0, 0.1) is 6.92 Å². The number of pyridine rings is 1. The molecule has 1 aliphatic carbocycles. The molecule has 2 radical (unpaired) electrons. The van der Waals surface area contributed by atoms with Gasteiger partial charge in [0.1, 0.15) is 7.85 Å². The van der Waals surface area contributed by atoms with Crippen LogP contribution in [-0.4, -0.2) is 12.8 Å². The van der Waals surface area contributed by atoms with E-state index in [-0.39, 0.29) is 0 Å². The molecular formula is C15H13BClN. The number of aromatic nitrogens is 1. The Labute approximate surface area is 114 Å². The van der Waals surface area contributed by atoms with Gasteiger partial charge in [0.2, 0.25) is 0 Å². The van der Waals surface area contributed by atoms with Gasteiger partial charge < -0.3 is 0 Å². The summed E-state index contributed by atoms with van der Waals surface area (Å²) in [7, 11) is 5.81. The highest BCUT2D eigenvalue weighted by molar-refractivity contribution is 6.32. The average molecular weight is 254 g/mol. The SMILES string of the molecule is [B]c1cnc2c(c1)CCc1cc(Cl)cc(C)c1C2. The van der Waals surface area contributed by atoms with E-state index < -0.39 is 0 Å². The Bertz CT molecular complexity index is 622. The molecule has 0 spiro atoms. The van der Waals surface area contributed by atoms with E-state index in [4.69, 9.17) is 19.4 Å². The lowest BCUT2D eigenvalue weighted by atomic mass is 9.94. The quantitative estimate of drug-likeness (QED) is 0.658. The predicted molar refractivity (Wildman–Crippen MR) is 76.0 cm³/mol. The first-order chi connectivity index (χ1) is 8.63. The number of aryl methyl sites for hydroxylation is 3. The lowest BCUT2D eigenvalue weighted by Gasteiger charge is -2.10. The van der Waals surface area contributed by atoms with Crippen LogP contribution < -0.4 is 5.46 Å². The zero-order valence-electron chi connectivity index (χ0n) is 10.3. The smallest absolute Gasteiger partial charge is 0.115 e. The molecule has 1 heterocycles. The maximum Gasteiger partial charge on any atom is 0.115 e. The molecule has 1 aromatic carbocycles. The lowest BCUT2D eigenvalue weighted by molar-refractivity contribution is 0.954. The zero-order chi connectivity index (χ0) is 12.7. The van der Waals surface area contributed by atoms with Gasteiger partial charge in [0.05, 0.1) is 0 Å². The van der Waals surface area contributed by atoms with Crippen LogP contribution in [0.1, 0.15) is 27.9 Å². The molecule has 0 bridgehead atoms. The fourth-order valence-electron chi connectivity index (χ4n) is 2.69. The summed E-state index contributed by atoms with van der Waals surface area (Å²) in [6.45, 7) is 2.12. The van der Waals surface area contributed by atoms with Crippen molar-refractivity contribution in [1.82, 2.24) is 4.98 Å². The summed E-state index contributed by atoms with van der Waals surface area (Å²) in [5.41, 5.74) is 7.13. The van der Waals surface area contributed by atoms with Crippen molar-refractivity contribution in [1.29, 1.82) is 0 Å². The summed E-state index contributed by atoms with van der Waals surface area (Å²) in [6, 6.07) is 6.16. The summed E-state index contributed by atoms with van der Waals surface area (Å²) < 4.78 is 0. The number of hydrogen-bond donors (Lipinski definition) is 0. The summed E-state index contributed by atoms with van der Waals surface area (Å²) in [6.07, 6.45) is 4.62. The predicted octanol–water partition coefficient (Wildman–Crippen LogP) is 2.53. The van der Waals surface area contributed by atoms with E-state index in [9.17, 15) is 0 Å². The molecule has 2 aromatic rings. The van der Waals surface area contributed by atoms with Gasteiger partial charge in [-0.15, -0.1) is 0 Å². The second kappa shape index (κ2) is 4.44. The first kappa shape index (κ1) is 11.8. The molecule has 1 nitrogen and oxygen atoms in total. The zero-order valence-corrected chi connectivity index (χ0v) is 11.1. The molecule has 0 amide bonds. The molecule has 18 heavy (non-hydrogen) atoms. The van der Waals surface area contributed by atoms with Crippen molar-refractivity contribution >= 4 is 24.9 Å². The molecule has 0 aliphatic heterocycles. The third kappa shape index (κ3) is 2.06. The Morgan fingerprint density at radius 3 is 2.78 bits per heavy atom. The fraction of sp³-hybridized carbons (Fsp3) is 0.267. The first-order valence-corrected chi connectivity index (χ1v) is 6.52. The third-order valence-corrected chi connectivity index (χ3v) is 3.84. The highest BCUT2D eigenvalue weighted by Crippen LogP contribution is 2.28. The maximum atomic E-state index is 6.14.